The van der Waals surface area contributed by atoms with Gasteiger partial charge < -0.3 is 10.6 Å². The van der Waals surface area contributed by atoms with Gasteiger partial charge in [0.2, 0.25) is 10.0 Å². The fraction of sp³-hybridized carbons (Fsp3) is 0.571. The number of likely N-dealkylation sites (N-methyl/N-ethyl adjacent to an activating group) is 1. The first-order valence-corrected chi connectivity index (χ1v) is 8.61. The van der Waals surface area contributed by atoms with Crippen LogP contribution in [0.2, 0.25) is 0 Å². The van der Waals surface area contributed by atoms with E-state index in [1.807, 2.05) is 31.3 Å². The summed E-state index contributed by atoms with van der Waals surface area (Å²) in [6.45, 7) is 1.57. The predicted octanol–water partition coefficient (Wildman–Crippen LogP) is 0.659. The molecule has 1 aromatic carbocycles. The number of benzene rings is 1. The maximum absolute atomic E-state index is 12.1. The minimum Gasteiger partial charge on any atom is -0.326 e. The van der Waals surface area contributed by atoms with E-state index >= 15 is 0 Å². The highest BCUT2D eigenvalue weighted by atomic mass is 32.2. The average molecular weight is 297 g/mol. The molecule has 1 aliphatic rings. The van der Waals surface area contributed by atoms with E-state index in [0.717, 1.165) is 17.7 Å². The van der Waals surface area contributed by atoms with E-state index in [9.17, 15) is 8.42 Å². The number of hydrogen-bond acceptors (Lipinski definition) is 4. The largest absolute Gasteiger partial charge is 0.326 e. The van der Waals surface area contributed by atoms with Crippen molar-refractivity contribution in [3.63, 3.8) is 0 Å². The van der Waals surface area contributed by atoms with Gasteiger partial charge in [-0.3, -0.25) is 0 Å². The summed E-state index contributed by atoms with van der Waals surface area (Å²) < 4.78 is 26.8. The maximum Gasteiger partial charge on any atom is 0.215 e. The van der Waals surface area contributed by atoms with Crippen molar-refractivity contribution in [2.24, 2.45) is 5.73 Å². The van der Waals surface area contributed by atoms with Crippen LogP contribution in [0, 0.1) is 0 Å². The van der Waals surface area contributed by atoms with E-state index in [0.29, 0.717) is 19.1 Å². The molecule has 0 spiro atoms. The normalized spacial score (nSPS) is 15.8. The van der Waals surface area contributed by atoms with Crippen LogP contribution in [0.3, 0.4) is 0 Å². The average Bonchev–Trinajstić information content (AvgIpc) is 3.23. The molecule has 112 valence electrons. The summed E-state index contributed by atoms with van der Waals surface area (Å²) in [7, 11) is -1.26. The molecule has 6 heteroatoms. The third kappa shape index (κ3) is 4.56. The summed E-state index contributed by atoms with van der Waals surface area (Å²) in [5.41, 5.74) is 7.29. The lowest BCUT2D eigenvalue weighted by Gasteiger charge is -2.16. The summed E-state index contributed by atoms with van der Waals surface area (Å²) in [5, 5.41) is 0. The Bertz CT molecular complexity index is 541. The molecular weight excluding hydrogens is 274 g/mol. The third-order valence-electron chi connectivity index (χ3n) is 3.64. The van der Waals surface area contributed by atoms with Gasteiger partial charge >= 0.3 is 0 Å². The maximum atomic E-state index is 12.1. The van der Waals surface area contributed by atoms with Crippen molar-refractivity contribution in [2.45, 2.75) is 31.2 Å². The van der Waals surface area contributed by atoms with Crippen LogP contribution in [-0.2, 0) is 22.3 Å². The first-order valence-electron chi connectivity index (χ1n) is 6.96. The van der Waals surface area contributed by atoms with E-state index in [4.69, 9.17) is 5.73 Å². The molecule has 0 radical (unpaired) electrons. The molecule has 0 aromatic heterocycles. The Labute approximate surface area is 121 Å². The van der Waals surface area contributed by atoms with E-state index in [-0.39, 0.29) is 5.75 Å². The molecule has 2 rings (SSSR count). The lowest BCUT2D eigenvalue weighted by atomic mass is 10.1. The number of hydrogen-bond donors (Lipinski definition) is 2. The molecule has 1 fully saturated rings. The minimum atomic E-state index is -3.30. The molecule has 1 saturated carbocycles. The molecule has 3 N–H and O–H groups in total. The summed E-state index contributed by atoms with van der Waals surface area (Å²) in [5.74, 6) is -0.00643. The Morgan fingerprint density at radius 2 is 1.95 bits per heavy atom. The first-order chi connectivity index (χ1) is 9.52. The van der Waals surface area contributed by atoms with Gasteiger partial charge in [0, 0.05) is 25.7 Å². The van der Waals surface area contributed by atoms with Gasteiger partial charge in [0.25, 0.3) is 0 Å². The van der Waals surface area contributed by atoms with Crippen LogP contribution in [0.5, 0.6) is 0 Å². The lowest BCUT2D eigenvalue weighted by Crippen LogP contribution is -2.34. The Morgan fingerprint density at radius 1 is 1.30 bits per heavy atom. The SMILES string of the molecule is CN(CCNS(=O)(=O)Cc1ccccc1CN)C1CC1. The molecule has 5 nitrogen and oxygen atoms in total. The number of nitrogens with zero attached hydrogens (tertiary/aromatic N) is 1. The zero-order chi connectivity index (χ0) is 14.6. The second-order valence-electron chi connectivity index (χ2n) is 5.34. The highest BCUT2D eigenvalue weighted by Crippen LogP contribution is 2.24. The minimum absolute atomic E-state index is 0.00643. The first kappa shape index (κ1) is 15.4. The van der Waals surface area contributed by atoms with Gasteiger partial charge in [0.1, 0.15) is 0 Å². The zero-order valence-corrected chi connectivity index (χ0v) is 12.7. The van der Waals surface area contributed by atoms with Crippen molar-refractivity contribution in [2.75, 3.05) is 20.1 Å². The molecule has 0 heterocycles. The van der Waals surface area contributed by atoms with Crippen molar-refractivity contribution < 1.29 is 8.42 Å². The molecule has 0 saturated heterocycles. The summed E-state index contributed by atoms with van der Waals surface area (Å²) in [6.07, 6.45) is 2.46. The quantitative estimate of drug-likeness (QED) is 0.739. The summed E-state index contributed by atoms with van der Waals surface area (Å²) in [6, 6.07) is 8.04. The van der Waals surface area contributed by atoms with Crippen molar-refractivity contribution in [1.82, 2.24) is 9.62 Å². The number of rotatable bonds is 8. The van der Waals surface area contributed by atoms with E-state index < -0.39 is 10.0 Å². The number of nitrogens with two attached hydrogens (primary N) is 1. The fourth-order valence-corrected chi connectivity index (χ4v) is 3.42. The molecule has 0 amide bonds. The Balaban J connectivity index is 1.86. The van der Waals surface area contributed by atoms with Crippen LogP contribution >= 0.6 is 0 Å². The number of sulfonamides is 1. The van der Waals surface area contributed by atoms with Crippen molar-refractivity contribution in [1.29, 1.82) is 0 Å². The Hall–Kier alpha value is -0.950. The monoisotopic (exact) mass is 297 g/mol. The summed E-state index contributed by atoms with van der Waals surface area (Å²) >= 11 is 0. The standard InChI is InChI=1S/C14H23N3O2S/c1-17(14-6-7-14)9-8-16-20(18,19)11-13-5-3-2-4-12(13)10-15/h2-5,14,16H,6-11,15H2,1H3. The van der Waals surface area contributed by atoms with Gasteiger partial charge in [0.15, 0.2) is 0 Å². The van der Waals surface area contributed by atoms with Gasteiger partial charge in [-0.1, -0.05) is 24.3 Å². The van der Waals surface area contributed by atoms with E-state index in [1.165, 1.54) is 12.8 Å². The topological polar surface area (TPSA) is 75.4 Å². The molecule has 0 aliphatic heterocycles. The molecular formula is C14H23N3O2S. The van der Waals surface area contributed by atoms with Gasteiger partial charge in [-0.05, 0) is 31.0 Å². The zero-order valence-electron chi connectivity index (χ0n) is 11.9. The highest BCUT2D eigenvalue weighted by molar-refractivity contribution is 7.88. The van der Waals surface area contributed by atoms with E-state index in [1.54, 1.807) is 0 Å². The molecule has 0 bridgehead atoms. The van der Waals surface area contributed by atoms with Crippen LogP contribution in [0.15, 0.2) is 24.3 Å². The van der Waals surface area contributed by atoms with Crippen molar-refractivity contribution >= 4 is 10.0 Å². The Morgan fingerprint density at radius 3 is 2.55 bits per heavy atom. The van der Waals surface area contributed by atoms with Gasteiger partial charge in [0.05, 0.1) is 5.75 Å². The smallest absolute Gasteiger partial charge is 0.215 e. The van der Waals surface area contributed by atoms with Gasteiger partial charge in [-0.25, -0.2) is 13.1 Å². The van der Waals surface area contributed by atoms with Crippen LogP contribution < -0.4 is 10.5 Å². The van der Waals surface area contributed by atoms with Crippen LogP contribution in [0.1, 0.15) is 24.0 Å². The second kappa shape index (κ2) is 6.67. The van der Waals surface area contributed by atoms with Crippen molar-refractivity contribution in [3.8, 4) is 0 Å². The highest BCUT2D eigenvalue weighted by Gasteiger charge is 2.25. The van der Waals surface area contributed by atoms with Crippen LogP contribution in [0.4, 0.5) is 0 Å². The van der Waals surface area contributed by atoms with E-state index in [2.05, 4.69) is 9.62 Å². The molecule has 1 aromatic rings. The lowest BCUT2D eigenvalue weighted by molar-refractivity contribution is 0.329. The molecule has 0 atom stereocenters. The molecule has 20 heavy (non-hydrogen) atoms. The Kier molecular flexibility index (Phi) is 5.15. The second-order valence-corrected chi connectivity index (χ2v) is 7.14. The predicted molar refractivity (Wildman–Crippen MR) is 80.6 cm³/mol. The number of nitrogens with one attached hydrogen (secondary N) is 1. The van der Waals surface area contributed by atoms with Crippen molar-refractivity contribution in [3.05, 3.63) is 35.4 Å². The van der Waals surface area contributed by atoms with Gasteiger partial charge in [-0.15, -0.1) is 0 Å². The van der Waals surface area contributed by atoms with Crippen LogP contribution in [-0.4, -0.2) is 39.5 Å². The van der Waals surface area contributed by atoms with Gasteiger partial charge in [-0.2, -0.15) is 0 Å². The van der Waals surface area contributed by atoms with Crippen LogP contribution in [0.25, 0.3) is 0 Å². The third-order valence-corrected chi connectivity index (χ3v) is 4.98. The summed E-state index contributed by atoms with van der Waals surface area (Å²) in [4.78, 5) is 2.20. The molecule has 0 unspecified atom stereocenters. The molecule has 1 aliphatic carbocycles. The fourth-order valence-electron chi connectivity index (χ4n) is 2.23.